The Hall–Kier alpha value is -1.49. The van der Waals surface area contributed by atoms with Gasteiger partial charge in [0.25, 0.3) is 0 Å². The van der Waals surface area contributed by atoms with Crippen molar-refractivity contribution >= 4 is 51.4 Å². The third-order valence-corrected chi connectivity index (χ3v) is 4.79. The summed E-state index contributed by atoms with van der Waals surface area (Å²) in [5.41, 5.74) is 0.603. The van der Waals surface area contributed by atoms with Crippen LogP contribution in [-0.4, -0.2) is 18.1 Å². The molecule has 0 spiro atoms. The first kappa shape index (κ1) is 15.4. The van der Waals surface area contributed by atoms with Gasteiger partial charge in [-0.15, -0.1) is 11.3 Å². The number of thiophene rings is 1. The fourth-order valence-corrected chi connectivity index (χ4v) is 3.52. The van der Waals surface area contributed by atoms with Crippen LogP contribution in [0.1, 0.15) is 15.2 Å². The highest BCUT2D eigenvalue weighted by Gasteiger charge is 2.20. The van der Waals surface area contributed by atoms with Gasteiger partial charge in [0.15, 0.2) is 0 Å². The molecule has 0 fully saturated rings. The van der Waals surface area contributed by atoms with Crippen LogP contribution in [0.5, 0.6) is 5.75 Å². The Morgan fingerprint density at radius 3 is 2.59 bits per heavy atom. The molecule has 22 heavy (non-hydrogen) atoms. The molecule has 2 aromatic carbocycles. The van der Waals surface area contributed by atoms with Crippen molar-refractivity contribution in [2.45, 2.75) is 0 Å². The largest absolute Gasteiger partial charge is 0.490 e. The number of halogens is 1. The number of benzene rings is 2. The number of ether oxygens (including phenoxy) is 1. The molecule has 0 bridgehead atoms. The minimum absolute atomic E-state index is 0.0490. The summed E-state index contributed by atoms with van der Waals surface area (Å²) in [5.74, 6) is 1.19. The summed E-state index contributed by atoms with van der Waals surface area (Å²) in [6.07, 6.45) is 0. The second-order valence-corrected chi connectivity index (χ2v) is 6.60. The molecule has 112 valence electrons. The number of ketones is 1. The lowest BCUT2D eigenvalue weighted by molar-refractivity contribution is 0.103. The smallest absolute Gasteiger partial charge is 0.206 e. The standard InChI is InChI=1S/C17H13ClO2S2/c18-12-7-5-11(6-8-12)15(19)17-16(20-9-10-21)13-3-1-2-4-14(13)22-17/h1-8,21H,9-10H2. The Balaban J connectivity index is 2.08. The fourth-order valence-electron chi connectivity index (χ4n) is 2.19. The van der Waals surface area contributed by atoms with Crippen LogP contribution in [0.3, 0.4) is 0 Å². The Morgan fingerprint density at radius 2 is 1.86 bits per heavy atom. The van der Waals surface area contributed by atoms with E-state index in [4.69, 9.17) is 16.3 Å². The summed E-state index contributed by atoms with van der Waals surface area (Å²) in [6, 6.07) is 14.8. The Labute approximate surface area is 143 Å². The van der Waals surface area contributed by atoms with Crippen molar-refractivity contribution in [1.82, 2.24) is 0 Å². The molecule has 5 heteroatoms. The molecule has 1 aromatic heterocycles. The van der Waals surface area contributed by atoms with E-state index in [-0.39, 0.29) is 5.78 Å². The van der Waals surface area contributed by atoms with E-state index >= 15 is 0 Å². The normalized spacial score (nSPS) is 10.8. The Morgan fingerprint density at radius 1 is 1.14 bits per heavy atom. The Kier molecular flexibility index (Phi) is 4.71. The first-order valence-electron chi connectivity index (χ1n) is 6.76. The summed E-state index contributed by atoms with van der Waals surface area (Å²) in [6.45, 7) is 0.463. The van der Waals surface area contributed by atoms with Crippen LogP contribution in [0.4, 0.5) is 0 Å². The van der Waals surface area contributed by atoms with E-state index in [0.717, 1.165) is 10.1 Å². The average Bonchev–Trinajstić information content (AvgIpc) is 2.91. The monoisotopic (exact) mass is 348 g/mol. The number of carbonyl (C=O) groups excluding carboxylic acids is 1. The molecule has 0 saturated carbocycles. The van der Waals surface area contributed by atoms with E-state index in [1.54, 1.807) is 24.3 Å². The fraction of sp³-hybridized carbons (Fsp3) is 0.118. The Bertz CT molecular complexity index is 809. The van der Waals surface area contributed by atoms with E-state index < -0.39 is 0 Å². The lowest BCUT2D eigenvalue weighted by atomic mass is 10.1. The average molecular weight is 349 g/mol. The third kappa shape index (κ3) is 3.00. The summed E-state index contributed by atoms with van der Waals surface area (Å²) in [7, 11) is 0. The lowest BCUT2D eigenvalue weighted by Gasteiger charge is -2.06. The summed E-state index contributed by atoms with van der Waals surface area (Å²) in [4.78, 5) is 13.4. The van der Waals surface area contributed by atoms with Gasteiger partial charge in [-0.05, 0) is 36.4 Å². The highest BCUT2D eigenvalue weighted by Crippen LogP contribution is 2.39. The van der Waals surface area contributed by atoms with Gasteiger partial charge < -0.3 is 4.74 Å². The molecule has 0 amide bonds. The van der Waals surface area contributed by atoms with Crippen molar-refractivity contribution in [3.8, 4) is 5.75 Å². The number of hydrogen-bond acceptors (Lipinski definition) is 4. The molecule has 0 atom stereocenters. The molecule has 0 saturated heterocycles. The van der Waals surface area contributed by atoms with Crippen LogP contribution in [0.2, 0.25) is 5.02 Å². The maximum atomic E-state index is 12.8. The topological polar surface area (TPSA) is 26.3 Å². The van der Waals surface area contributed by atoms with Gasteiger partial charge in [-0.3, -0.25) is 4.79 Å². The molecule has 0 unspecified atom stereocenters. The molecule has 0 radical (unpaired) electrons. The van der Waals surface area contributed by atoms with Crippen LogP contribution < -0.4 is 4.74 Å². The predicted octanol–water partition coefficient (Wildman–Crippen LogP) is 5.09. The van der Waals surface area contributed by atoms with E-state index in [1.165, 1.54) is 11.3 Å². The quantitative estimate of drug-likeness (QED) is 0.513. The maximum absolute atomic E-state index is 12.8. The van der Waals surface area contributed by atoms with E-state index in [0.29, 0.717) is 33.6 Å². The van der Waals surface area contributed by atoms with Gasteiger partial charge in [0.1, 0.15) is 10.6 Å². The van der Waals surface area contributed by atoms with Gasteiger partial charge in [0.05, 0.1) is 6.61 Å². The van der Waals surface area contributed by atoms with Crippen molar-refractivity contribution < 1.29 is 9.53 Å². The molecule has 0 aliphatic carbocycles. The first-order chi connectivity index (χ1) is 10.7. The summed E-state index contributed by atoms with van der Waals surface area (Å²) >= 11 is 11.5. The second kappa shape index (κ2) is 6.73. The zero-order valence-electron chi connectivity index (χ0n) is 11.6. The van der Waals surface area contributed by atoms with Gasteiger partial charge >= 0.3 is 0 Å². The van der Waals surface area contributed by atoms with Crippen molar-refractivity contribution in [1.29, 1.82) is 0 Å². The lowest BCUT2D eigenvalue weighted by Crippen LogP contribution is -2.04. The number of rotatable bonds is 5. The minimum Gasteiger partial charge on any atom is -0.490 e. The predicted molar refractivity (Wildman–Crippen MR) is 96.1 cm³/mol. The molecule has 3 rings (SSSR count). The van der Waals surface area contributed by atoms with Crippen LogP contribution >= 0.6 is 35.6 Å². The number of fused-ring (bicyclic) bond motifs is 1. The van der Waals surface area contributed by atoms with Crippen LogP contribution in [0.15, 0.2) is 48.5 Å². The number of carbonyl (C=O) groups is 1. The zero-order chi connectivity index (χ0) is 15.5. The highest BCUT2D eigenvalue weighted by atomic mass is 35.5. The summed E-state index contributed by atoms with van der Waals surface area (Å²) < 4.78 is 6.83. The van der Waals surface area contributed by atoms with Gasteiger partial charge in [-0.25, -0.2) is 0 Å². The van der Waals surface area contributed by atoms with Crippen molar-refractivity contribution in [2.75, 3.05) is 12.4 Å². The van der Waals surface area contributed by atoms with Crippen LogP contribution in [0, 0.1) is 0 Å². The maximum Gasteiger partial charge on any atom is 0.206 e. The third-order valence-electron chi connectivity index (χ3n) is 3.20. The first-order valence-corrected chi connectivity index (χ1v) is 8.59. The SMILES string of the molecule is O=C(c1ccc(Cl)cc1)c1sc2ccccc2c1OCCS. The molecule has 1 heterocycles. The minimum atomic E-state index is -0.0490. The zero-order valence-corrected chi connectivity index (χ0v) is 14.0. The van der Waals surface area contributed by atoms with Crippen molar-refractivity contribution in [2.24, 2.45) is 0 Å². The van der Waals surface area contributed by atoms with Crippen LogP contribution in [0.25, 0.3) is 10.1 Å². The number of thiol groups is 1. The summed E-state index contributed by atoms with van der Waals surface area (Å²) in [5, 5.41) is 1.58. The molecular formula is C17H13ClO2S2. The second-order valence-electron chi connectivity index (χ2n) is 4.66. The molecule has 0 aliphatic rings. The molecule has 0 N–H and O–H groups in total. The molecule has 3 aromatic rings. The van der Waals surface area contributed by atoms with E-state index in [9.17, 15) is 4.79 Å². The van der Waals surface area contributed by atoms with E-state index in [2.05, 4.69) is 12.6 Å². The van der Waals surface area contributed by atoms with Gasteiger partial charge in [0, 0.05) is 26.4 Å². The van der Waals surface area contributed by atoms with Crippen molar-refractivity contribution in [3.63, 3.8) is 0 Å². The van der Waals surface area contributed by atoms with Crippen LogP contribution in [-0.2, 0) is 0 Å². The van der Waals surface area contributed by atoms with Gasteiger partial charge in [-0.1, -0.05) is 23.7 Å². The van der Waals surface area contributed by atoms with Gasteiger partial charge in [0.2, 0.25) is 5.78 Å². The molecule has 0 aliphatic heterocycles. The number of hydrogen-bond donors (Lipinski definition) is 1. The van der Waals surface area contributed by atoms with Gasteiger partial charge in [-0.2, -0.15) is 12.6 Å². The van der Waals surface area contributed by atoms with Crippen molar-refractivity contribution in [3.05, 3.63) is 64.0 Å². The highest BCUT2D eigenvalue weighted by molar-refractivity contribution is 7.80. The molecular weight excluding hydrogens is 336 g/mol. The van der Waals surface area contributed by atoms with E-state index in [1.807, 2.05) is 24.3 Å². The molecule has 2 nitrogen and oxygen atoms in total.